The Morgan fingerprint density at radius 1 is 1.24 bits per heavy atom. The van der Waals surface area contributed by atoms with Crippen molar-refractivity contribution in [2.75, 3.05) is 0 Å². The molecule has 0 unspecified atom stereocenters. The number of hydrogen-bond donors (Lipinski definition) is 0. The van der Waals surface area contributed by atoms with Gasteiger partial charge in [-0.2, -0.15) is 0 Å². The molecule has 3 nitrogen and oxygen atoms in total. The molecule has 0 aliphatic carbocycles. The first-order chi connectivity index (χ1) is 7.75. The van der Waals surface area contributed by atoms with E-state index in [1.165, 1.54) is 0 Å². The lowest BCUT2D eigenvalue weighted by molar-refractivity contribution is -0.686. The van der Waals surface area contributed by atoms with E-state index in [9.17, 15) is 4.79 Å². The van der Waals surface area contributed by atoms with Crippen molar-refractivity contribution in [2.24, 2.45) is 0 Å². The third-order valence-electron chi connectivity index (χ3n) is 2.34. The average molecular weight is 293 g/mol. The first kappa shape index (κ1) is 13.5. The maximum Gasteiger partial charge on any atom is 0.286 e. The highest BCUT2D eigenvalue weighted by molar-refractivity contribution is 5.94. The Morgan fingerprint density at radius 2 is 1.94 bits per heavy atom. The van der Waals surface area contributed by atoms with Crippen molar-refractivity contribution >= 4 is 5.78 Å². The van der Waals surface area contributed by atoms with Gasteiger partial charge >= 0.3 is 0 Å². The van der Waals surface area contributed by atoms with Crippen LogP contribution in [0.1, 0.15) is 16.1 Å². The summed E-state index contributed by atoms with van der Waals surface area (Å²) in [4.78, 5) is 16.0. The van der Waals surface area contributed by atoms with E-state index in [-0.39, 0.29) is 22.8 Å². The number of benzene rings is 1. The van der Waals surface area contributed by atoms with Crippen LogP contribution in [-0.2, 0) is 6.54 Å². The van der Waals surface area contributed by atoms with Gasteiger partial charge in [-0.1, -0.05) is 35.3 Å². The highest BCUT2D eigenvalue weighted by Gasteiger charge is 2.09. The summed E-state index contributed by atoms with van der Waals surface area (Å²) in [5.41, 5.74) is 1.68. The number of hydrogen-bond acceptors (Lipinski definition) is 2. The SMILES string of the molecule is Cc1cc[n+](CC(=O)c2ccccc2)cn1.[Br-]. The van der Waals surface area contributed by atoms with Crippen LogP contribution in [0.4, 0.5) is 0 Å². The van der Waals surface area contributed by atoms with E-state index >= 15 is 0 Å². The van der Waals surface area contributed by atoms with Gasteiger partial charge in [-0.25, -0.2) is 4.57 Å². The molecule has 1 heterocycles. The first-order valence-corrected chi connectivity index (χ1v) is 5.15. The van der Waals surface area contributed by atoms with Gasteiger partial charge in [-0.15, -0.1) is 0 Å². The maximum atomic E-state index is 11.9. The van der Waals surface area contributed by atoms with Crippen molar-refractivity contribution in [1.29, 1.82) is 0 Å². The summed E-state index contributed by atoms with van der Waals surface area (Å²) in [5.74, 6) is 0.0938. The lowest BCUT2D eigenvalue weighted by atomic mass is 10.1. The molecular formula is C13H13BrN2O. The number of rotatable bonds is 3. The summed E-state index contributed by atoms with van der Waals surface area (Å²) >= 11 is 0. The Balaban J connectivity index is 0.00000144. The lowest BCUT2D eigenvalue weighted by Crippen LogP contribution is -3.00. The van der Waals surface area contributed by atoms with Crippen LogP contribution in [-0.4, -0.2) is 10.8 Å². The van der Waals surface area contributed by atoms with Gasteiger partial charge in [0.25, 0.3) is 6.33 Å². The topological polar surface area (TPSA) is 33.8 Å². The summed E-state index contributed by atoms with van der Waals surface area (Å²) < 4.78 is 1.78. The smallest absolute Gasteiger partial charge is 0.286 e. The normalized spacial score (nSPS) is 9.47. The Hall–Kier alpha value is -1.55. The predicted molar refractivity (Wildman–Crippen MR) is 59.9 cm³/mol. The molecule has 0 aliphatic heterocycles. The van der Waals surface area contributed by atoms with Crippen molar-refractivity contribution in [1.82, 2.24) is 4.98 Å². The Labute approximate surface area is 111 Å². The molecule has 0 atom stereocenters. The fraction of sp³-hybridized carbons (Fsp3) is 0.154. The molecule has 0 spiro atoms. The molecule has 0 amide bonds. The van der Waals surface area contributed by atoms with Crippen molar-refractivity contribution < 1.29 is 26.3 Å². The number of aromatic nitrogens is 2. The fourth-order valence-electron chi connectivity index (χ4n) is 1.43. The van der Waals surface area contributed by atoms with Crippen molar-refractivity contribution in [3.8, 4) is 0 Å². The summed E-state index contributed by atoms with van der Waals surface area (Å²) in [6.45, 7) is 2.25. The standard InChI is InChI=1S/C13H13N2O.BrH/c1-11-7-8-15(10-14-11)9-13(16)12-5-3-2-4-6-12;/h2-8,10H,9H2,1H3;1H/q+1;/p-1. The molecule has 0 bridgehead atoms. The Kier molecular flexibility index (Phi) is 4.97. The quantitative estimate of drug-likeness (QED) is 0.513. The van der Waals surface area contributed by atoms with Gasteiger partial charge in [0.15, 0.2) is 12.2 Å². The molecule has 0 N–H and O–H groups in total. The summed E-state index contributed by atoms with van der Waals surface area (Å²) in [6.07, 6.45) is 3.54. The van der Waals surface area contributed by atoms with Crippen molar-refractivity contribution in [2.45, 2.75) is 13.5 Å². The van der Waals surface area contributed by atoms with E-state index in [0.29, 0.717) is 6.54 Å². The van der Waals surface area contributed by atoms with E-state index < -0.39 is 0 Å². The van der Waals surface area contributed by atoms with E-state index in [1.807, 2.05) is 49.5 Å². The van der Waals surface area contributed by atoms with Gasteiger partial charge in [-0.3, -0.25) is 4.79 Å². The maximum absolute atomic E-state index is 11.9. The second-order valence-electron chi connectivity index (χ2n) is 3.66. The molecule has 88 valence electrons. The number of nitrogens with zero attached hydrogens (tertiary/aromatic N) is 2. The fourth-order valence-corrected chi connectivity index (χ4v) is 1.43. The van der Waals surface area contributed by atoms with Crippen LogP contribution < -0.4 is 21.5 Å². The molecule has 0 aliphatic rings. The minimum Gasteiger partial charge on any atom is -1.00 e. The van der Waals surface area contributed by atoms with E-state index in [1.54, 1.807) is 10.9 Å². The number of carbonyl (C=O) groups is 1. The van der Waals surface area contributed by atoms with E-state index in [0.717, 1.165) is 11.3 Å². The second kappa shape index (κ2) is 6.25. The van der Waals surface area contributed by atoms with Gasteiger partial charge in [0.05, 0.1) is 6.20 Å². The predicted octanol–water partition coefficient (Wildman–Crippen LogP) is -1.44. The summed E-state index contributed by atoms with van der Waals surface area (Å²) in [5, 5.41) is 0. The van der Waals surface area contributed by atoms with E-state index in [2.05, 4.69) is 4.98 Å². The number of ketones is 1. The lowest BCUT2D eigenvalue weighted by Gasteiger charge is -1.99. The van der Waals surface area contributed by atoms with Gasteiger partial charge < -0.3 is 17.0 Å². The number of halogens is 1. The van der Waals surface area contributed by atoms with Crippen LogP contribution in [0, 0.1) is 6.92 Å². The van der Waals surface area contributed by atoms with E-state index in [4.69, 9.17) is 0 Å². The monoisotopic (exact) mass is 292 g/mol. The zero-order valence-corrected chi connectivity index (χ0v) is 11.1. The van der Waals surface area contributed by atoms with Crippen molar-refractivity contribution in [3.05, 3.63) is 60.2 Å². The molecule has 1 aromatic carbocycles. The molecule has 2 rings (SSSR count). The van der Waals surface area contributed by atoms with Gasteiger partial charge in [0.1, 0.15) is 0 Å². The molecule has 0 saturated heterocycles. The summed E-state index contributed by atoms with van der Waals surface area (Å²) in [7, 11) is 0. The number of Topliss-reactive ketones (excluding diaryl/α,β-unsaturated/α-hetero) is 1. The number of aryl methyl sites for hydroxylation is 1. The molecule has 2 aromatic rings. The minimum absolute atomic E-state index is 0. The van der Waals surface area contributed by atoms with Crippen LogP contribution in [0.5, 0.6) is 0 Å². The van der Waals surface area contributed by atoms with Gasteiger partial charge in [-0.05, 0) is 0 Å². The largest absolute Gasteiger partial charge is 1.00 e. The van der Waals surface area contributed by atoms with Crippen LogP contribution in [0.2, 0.25) is 0 Å². The zero-order chi connectivity index (χ0) is 11.4. The Morgan fingerprint density at radius 3 is 2.53 bits per heavy atom. The van der Waals surface area contributed by atoms with Crippen LogP contribution in [0.15, 0.2) is 48.9 Å². The van der Waals surface area contributed by atoms with Crippen molar-refractivity contribution in [3.63, 3.8) is 0 Å². The zero-order valence-electron chi connectivity index (χ0n) is 9.51. The van der Waals surface area contributed by atoms with Crippen LogP contribution >= 0.6 is 0 Å². The van der Waals surface area contributed by atoms with Gasteiger partial charge in [0.2, 0.25) is 5.78 Å². The third kappa shape index (κ3) is 3.75. The summed E-state index contributed by atoms with van der Waals surface area (Å²) in [6, 6.07) is 11.2. The molecular weight excluding hydrogens is 280 g/mol. The third-order valence-corrected chi connectivity index (χ3v) is 2.34. The highest BCUT2D eigenvalue weighted by Crippen LogP contribution is 1.99. The minimum atomic E-state index is 0. The molecule has 0 radical (unpaired) electrons. The van der Waals surface area contributed by atoms with Gasteiger partial charge in [0, 0.05) is 18.6 Å². The van der Waals surface area contributed by atoms with Crippen LogP contribution in [0.25, 0.3) is 0 Å². The van der Waals surface area contributed by atoms with Crippen LogP contribution in [0.3, 0.4) is 0 Å². The molecule has 0 saturated carbocycles. The molecule has 0 fully saturated rings. The molecule has 1 aromatic heterocycles. The molecule has 17 heavy (non-hydrogen) atoms. The second-order valence-corrected chi connectivity index (χ2v) is 3.66. The number of carbonyl (C=O) groups excluding carboxylic acids is 1. The molecule has 4 heteroatoms. The highest BCUT2D eigenvalue weighted by atomic mass is 79.9. The first-order valence-electron chi connectivity index (χ1n) is 5.15. The Bertz CT molecular complexity index is 483. The average Bonchev–Trinajstić information content (AvgIpc) is 2.33.